The second kappa shape index (κ2) is 7.46. The molecule has 0 saturated heterocycles. The molecule has 0 aliphatic carbocycles. The molecule has 1 atom stereocenters. The topological polar surface area (TPSA) is 78.4 Å². The van der Waals surface area contributed by atoms with E-state index >= 15 is 0 Å². The highest BCUT2D eigenvalue weighted by molar-refractivity contribution is 6.39. The molecule has 3 N–H and O–H groups in total. The third-order valence-electron chi connectivity index (χ3n) is 2.59. The van der Waals surface area contributed by atoms with Gasteiger partial charge in [0, 0.05) is 11.6 Å². The summed E-state index contributed by atoms with van der Waals surface area (Å²) in [7, 11) is 0. The van der Waals surface area contributed by atoms with Gasteiger partial charge < -0.3 is 15.7 Å². The molecule has 0 aromatic heterocycles. The van der Waals surface area contributed by atoms with Crippen molar-refractivity contribution >= 4 is 29.1 Å². The van der Waals surface area contributed by atoms with E-state index in [2.05, 4.69) is 5.32 Å². The first-order valence-electron chi connectivity index (χ1n) is 6.25. The molecule has 0 saturated carbocycles. The summed E-state index contributed by atoms with van der Waals surface area (Å²) in [5.74, 6) is -2.33. The zero-order valence-electron chi connectivity index (χ0n) is 11.5. The van der Waals surface area contributed by atoms with Crippen molar-refractivity contribution < 1.29 is 27.9 Å². The van der Waals surface area contributed by atoms with Gasteiger partial charge in [0.1, 0.15) is 0 Å². The van der Waals surface area contributed by atoms with Crippen LogP contribution < -0.4 is 10.6 Å². The summed E-state index contributed by atoms with van der Waals surface area (Å²) in [4.78, 5) is 23.0. The van der Waals surface area contributed by atoms with Crippen LogP contribution in [0.25, 0.3) is 0 Å². The minimum Gasteiger partial charge on any atom is -0.393 e. The number of amides is 2. The molecule has 5 nitrogen and oxygen atoms in total. The Kier molecular flexibility index (Phi) is 6.19. The molecule has 1 unspecified atom stereocenters. The van der Waals surface area contributed by atoms with Gasteiger partial charge >= 0.3 is 18.0 Å². The van der Waals surface area contributed by atoms with E-state index in [0.29, 0.717) is 6.07 Å². The molecule has 0 radical (unpaired) electrons. The van der Waals surface area contributed by atoms with Crippen molar-refractivity contribution in [2.24, 2.45) is 0 Å². The summed E-state index contributed by atoms with van der Waals surface area (Å²) < 4.78 is 38.5. The normalized spacial score (nSPS) is 12.6. The highest BCUT2D eigenvalue weighted by atomic mass is 35.5. The number of hydrogen-bond acceptors (Lipinski definition) is 3. The molecule has 0 heterocycles. The second-order valence-electron chi connectivity index (χ2n) is 4.54. The number of anilines is 1. The number of rotatable bonds is 4. The van der Waals surface area contributed by atoms with Gasteiger partial charge in [0.2, 0.25) is 0 Å². The van der Waals surface area contributed by atoms with E-state index in [1.165, 1.54) is 6.92 Å². The van der Waals surface area contributed by atoms with Crippen LogP contribution in [0.4, 0.5) is 18.9 Å². The maximum atomic E-state index is 12.8. The van der Waals surface area contributed by atoms with Crippen LogP contribution in [0.2, 0.25) is 5.02 Å². The van der Waals surface area contributed by atoms with Crippen molar-refractivity contribution in [3.63, 3.8) is 0 Å². The van der Waals surface area contributed by atoms with Gasteiger partial charge in [-0.05, 0) is 31.5 Å². The van der Waals surface area contributed by atoms with Gasteiger partial charge in [-0.2, -0.15) is 13.2 Å². The first kappa shape index (κ1) is 18.2. The molecule has 1 aromatic rings. The average molecular weight is 339 g/mol. The summed E-state index contributed by atoms with van der Waals surface area (Å²) >= 11 is 5.50. The lowest BCUT2D eigenvalue weighted by Crippen LogP contribution is -2.37. The Labute approximate surface area is 129 Å². The van der Waals surface area contributed by atoms with E-state index in [-0.39, 0.29) is 18.0 Å². The van der Waals surface area contributed by atoms with E-state index in [1.807, 2.05) is 5.32 Å². The van der Waals surface area contributed by atoms with E-state index in [4.69, 9.17) is 16.7 Å². The fourth-order valence-corrected chi connectivity index (χ4v) is 1.69. The van der Waals surface area contributed by atoms with E-state index in [0.717, 1.165) is 12.1 Å². The van der Waals surface area contributed by atoms with Crippen LogP contribution in [0.3, 0.4) is 0 Å². The van der Waals surface area contributed by atoms with Crippen LogP contribution >= 0.6 is 11.6 Å². The maximum absolute atomic E-state index is 12.8. The minimum atomic E-state index is -4.73. The third-order valence-corrected chi connectivity index (χ3v) is 2.82. The summed E-state index contributed by atoms with van der Waals surface area (Å²) in [5, 5.41) is 12.9. The first-order chi connectivity index (χ1) is 10.1. The van der Waals surface area contributed by atoms with Crippen molar-refractivity contribution in [1.82, 2.24) is 5.32 Å². The molecule has 0 spiro atoms. The number of hydrogen-bond donors (Lipinski definition) is 3. The third kappa shape index (κ3) is 5.53. The van der Waals surface area contributed by atoms with Gasteiger partial charge in [-0.3, -0.25) is 9.59 Å². The lowest BCUT2D eigenvalue weighted by Gasteiger charge is -2.14. The highest BCUT2D eigenvalue weighted by Crippen LogP contribution is 2.36. The first-order valence-corrected chi connectivity index (χ1v) is 6.63. The van der Waals surface area contributed by atoms with Gasteiger partial charge in [0.25, 0.3) is 0 Å². The molecule has 22 heavy (non-hydrogen) atoms. The average Bonchev–Trinajstić information content (AvgIpc) is 2.39. The SMILES string of the molecule is CC(O)CCNC(=O)C(=O)Nc1ccc(Cl)cc1C(F)(F)F. The van der Waals surface area contributed by atoms with E-state index in [1.54, 1.807) is 0 Å². The van der Waals surface area contributed by atoms with Gasteiger partial charge in [-0.25, -0.2) is 0 Å². The van der Waals surface area contributed by atoms with E-state index < -0.39 is 35.3 Å². The molecule has 0 aliphatic heterocycles. The Bertz CT molecular complexity index is 562. The lowest BCUT2D eigenvalue weighted by molar-refractivity contribution is -0.138. The number of halogens is 4. The molecule has 1 rings (SSSR count). The molecular weight excluding hydrogens is 325 g/mol. The van der Waals surface area contributed by atoms with Crippen LogP contribution in [0.5, 0.6) is 0 Å². The summed E-state index contributed by atoms with van der Waals surface area (Å²) in [6, 6.07) is 2.78. The van der Waals surface area contributed by atoms with E-state index in [9.17, 15) is 22.8 Å². The Balaban J connectivity index is 2.78. The summed E-state index contributed by atoms with van der Waals surface area (Å²) in [6.45, 7) is 1.52. The minimum absolute atomic E-state index is 0.0245. The Morgan fingerprint density at radius 1 is 1.32 bits per heavy atom. The fraction of sp³-hybridized carbons (Fsp3) is 0.385. The van der Waals surface area contributed by atoms with Crippen LogP contribution in [0, 0.1) is 0 Å². The number of aliphatic hydroxyl groups is 1. The number of benzene rings is 1. The zero-order valence-corrected chi connectivity index (χ0v) is 12.3. The molecule has 122 valence electrons. The van der Waals surface area contributed by atoms with Crippen LogP contribution in [0.1, 0.15) is 18.9 Å². The number of alkyl halides is 3. The Hall–Kier alpha value is -1.80. The Morgan fingerprint density at radius 2 is 1.95 bits per heavy atom. The second-order valence-corrected chi connectivity index (χ2v) is 4.97. The van der Waals surface area contributed by atoms with Crippen molar-refractivity contribution in [1.29, 1.82) is 0 Å². The number of carbonyl (C=O) groups is 2. The van der Waals surface area contributed by atoms with Crippen molar-refractivity contribution in [2.45, 2.75) is 25.6 Å². The standard InChI is InChI=1S/C13H14ClF3N2O3/c1-7(20)4-5-18-11(21)12(22)19-10-3-2-8(14)6-9(10)13(15,16)17/h2-3,6-7,20H,4-5H2,1H3,(H,18,21)(H,19,22). The molecule has 1 aromatic carbocycles. The van der Waals surface area contributed by atoms with Crippen LogP contribution in [0.15, 0.2) is 18.2 Å². The van der Waals surface area contributed by atoms with Gasteiger partial charge in [0.15, 0.2) is 0 Å². The lowest BCUT2D eigenvalue weighted by atomic mass is 10.1. The molecule has 9 heteroatoms. The largest absolute Gasteiger partial charge is 0.418 e. The predicted octanol–water partition coefficient (Wildman–Crippen LogP) is 2.18. The quantitative estimate of drug-likeness (QED) is 0.736. The molecule has 0 bridgehead atoms. The molecular formula is C13H14ClF3N2O3. The molecule has 0 fully saturated rings. The van der Waals surface area contributed by atoms with Crippen LogP contribution in [-0.4, -0.2) is 29.6 Å². The monoisotopic (exact) mass is 338 g/mol. The highest BCUT2D eigenvalue weighted by Gasteiger charge is 2.34. The maximum Gasteiger partial charge on any atom is 0.418 e. The van der Waals surface area contributed by atoms with Crippen molar-refractivity contribution in [3.05, 3.63) is 28.8 Å². The number of carbonyl (C=O) groups excluding carboxylic acids is 2. The summed E-state index contributed by atoms with van der Waals surface area (Å²) in [5.41, 5.74) is -1.71. The van der Waals surface area contributed by atoms with Gasteiger partial charge in [0.05, 0.1) is 17.4 Å². The zero-order chi connectivity index (χ0) is 16.9. The molecule has 2 amide bonds. The van der Waals surface area contributed by atoms with Gasteiger partial charge in [-0.1, -0.05) is 11.6 Å². The Morgan fingerprint density at radius 3 is 2.50 bits per heavy atom. The van der Waals surface area contributed by atoms with Crippen LogP contribution in [-0.2, 0) is 15.8 Å². The number of nitrogens with one attached hydrogen (secondary N) is 2. The smallest absolute Gasteiger partial charge is 0.393 e. The van der Waals surface area contributed by atoms with Crippen molar-refractivity contribution in [3.8, 4) is 0 Å². The number of aliphatic hydroxyl groups excluding tert-OH is 1. The van der Waals surface area contributed by atoms with Crippen molar-refractivity contribution in [2.75, 3.05) is 11.9 Å². The predicted molar refractivity (Wildman–Crippen MR) is 74.4 cm³/mol. The molecule has 0 aliphatic rings. The summed E-state index contributed by atoms with van der Waals surface area (Å²) in [6.07, 6.45) is -5.18. The van der Waals surface area contributed by atoms with Gasteiger partial charge in [-0.15, -0.1) is 0 Å². The fourth-order valence-electron chi connectivity index (χ4n) is 1.51.